The maximum atomic E-state index is 13.2. The van der Waals surface area contributed by atoms with E-state index in [0.717, 1.165) is 6.07 Å². The van der Waals surface area contributed by atoms with Gasteiger partial charge in [0.1, 0.15) is 12.1 Å². The summed E-state index contributed by atoms with van der Waals surface area (Å²) in [6, 6.07) is 3.79. The summed E-state index contributed by atoms with van der Waals surface area (Å²) in [5, 5.41) is 0. The van der Waals surface area contributed by atoms with Crippen molar-refractivity contribution in [1.82, 2.24) is 0 Å². The van der Waals surface area contributed by atoms with E-state index < -0.39 is 11.8 Å². The molecule has 76 valence electrons. The van der Waals surface area contributed by atoms with Gasteiger partial charge in [0.15, 0.2) is 0 Å². The Morgan fingerprint density at radius 1 is 1.53 bits per heavy atom. The third-order valence-electron chi connectivity index (χ3n) is 1.61. The van der Waals surface area contributed by atoms with Crippen LogP contribution in [-0.4, -0.2) is 19.4 Å². The summed E-state index contributed by atoms with van der Waals surface area (Å²) in [5.41, 5.74) is 0.266. The van der Waals surface area contributed by atoms with Crippen LogP contribution in [0.5, 0.6) is 0 Å². The van der Waals surface area contributed by atoms with Gasteiger partial charge in [-0.3, -0.25) is 4.79 Å². The van der Waals surface area contributed by atoms with Crippen molar-refractivity contribution in [2.75, 3.05) is 7.11 Å². The average Bonchev–Trinajstić information content (AvgIpc) is 2.26. The molecule has 15 heavy (non-hydrogen) atoms. The fourth-order valence-electron chi connectivity index (χ4n) is 0.875. The highest BCUT2D eigenvalue weighted by Crippen LogP contribution is 2.07. The second kappa shape index (κ2) is 4.91. The highest BCUT2D eigenvalue weighted by atomic mass is 19.1. The largest absolute Gasteiger partial charge is 0.459 e. The summed E-state index contributed by atoms with van der Waals surface area (Å²) in [6.45, 7) is 0. The molecule has 3 nitrogen and oxygen atoms in total. The number of ether oxygens (including phenoxy) is 1. The van der Waals surface area contributed by atoms with Gasteiger partial charge in [-0.25, -0.2) is 9.18 Å². The van der Waals surface area contributed by atoms with Gasteiger partial charge in [0.25, 0.3) is 0 Å². The van der Waals surface area contributed by atoms with Crippen LogP contribution in [0, 0.1) is 17.7 Å². The van der Waals surface area contributed by atoms with Gasteiger partial charge in [-0.05, 0) is 12.1 Å². The first-order valence-corrected chi connectivity index (χ1v) is 4.02. The minimum absolute atomic E-state index is 0.0472. The minimum Gasteiger partial charge on any atom is -0.459 e. The summed E-state index contributed by atoms with van der Waals surface area (Å²) in [6.07, 6.45) is 0.528. The normalized spacial score (nSPS) is 8.67. The maximum absolute atomic E-state index is 13.2. The molecule has 0 heterocycles. The molecule has 0 N–H and O–H groups in total. The summed E-state index contributed by atoms with van der Waals surface area (Å²) in [4.78, 5) is 21.0. The molecule has 0 bridgehead atoms. The predicted octanol–water partition coefficient (Wildman–Crippen LogP) is 1.16. The van der Waals surface area contributed by atoms with Gasteiger partial charge in [-0.1, -0.05) is 12.0 Å². The van der Waals surface area contributed by atoms with Crippen LogP contribution >= 0.6 is 0 Å². The molecule has 1 rings (SSSR count). The molecule has 0 unspecified atom stereocenters. The van der Waals surface area contributed by atoms with E-state index >= 15 is 0 Å². The van der Waals surface area contributed by atoms with Crippen LogP contribution in [0.15, 0.2) is 18.2 Å². The molecule has 0 aromatic heterocycles. The van der Waals surface area contributed by atoms with Gasteiger partial charge < -0.3 is 4.74 Å². The number of hydrogen-bond acceptors (Lipinski definition) is 3. The van der Waals surface area contributed by atoms with Crippen molar-refractivity contribution in [2.24, 2.45) is 0 Å². The fraction of sp³-hybridized carbons (Fsp3) is 0.0909. The Morgan fingerprint density at radius 2 is 2.27 bits per heavy atom. The smallest absolute Gasteiger partial charge is 0.384 e. The molecule has 0 aliphatic rings. The molecule has 0 amide bonds. The van der Waals surface area contributed by atoms with Crippen LogP contribution in [0.1, 0.15) is 15.9 Å². The number of methoxy groups -OCH3 is 1. The number of benzene rings is 1. The van der Waals surface area contributed by atoms with Crippen LogP contribution in [0.2, 0.25) is 0 Å². The van der Waals surface area contributed by atoms with E-state index in [2.05, 4.69) is 16.6 Å². The summed E-state index contributed by atoms with van der Waals surface area (Å²) in [5.74, 6) is 3.00. The third kappa shape index (κ3) is 2.92. The number of hydrogen-bond donors (Lipinski definition) is 0. The van der Waals surface area contributed by atoms with E-state index in [9.17, 15) is 14.0 Å². The molecule has 0 aliphatic carbocycles. The molecular formula is C11H7FO3. The lowest BCUT2D eigenvalue weighted by atomic mass is 10.1. The zero-order chi connectivity index (χ0) is 11.3. The number of carbonyl (C=O) groups excluding carboxylic acids is 2. The Kier molecular flexibility index (Phi) is 3.58. The first-order chi connectivity index (χ1) is 7.17. The van der Waals surface area contributed by atoms with Crippen LogP contribution < -0.4 is 0 Å². The summed E-state index contributed by atoms with van der Waals surface area (Å²) < 4.78 is 17.4. The Hall–Kier alpha value is -2.15. The third-order valence-corrected chi connectivity index (χ3v) is 1.61. The molecule has 1 aromatic rings. The van der Waals surface area contributed by atoms with Crippen molar-refractivity contribution in [1.29, 1.82) is 0 Å². The van der Waals surface area contributed by atoms with E-state index in [1.165, 1.54) is 19.2 Å². The molecule has 4 heteroatoms. The highest BCUT2D eigenvalue weighted by molar-refractivity contribution is 5.89. The van der Waals surface area contributed by atoms with E-state index in [-0.39, 0.29) is 11.1 Å². The van der Waals surface area contributed by atoms with Crippen molar-refractivity contribution in [3.63, 3.8) is 0 Å². The van der Waals surface area contributed by atoms with Gasteiger partial charge in [-0.15, -0.1) is 0 Å². The Morgan fingerprint density at radius 3 is 2.80 bits per heavy atom. The summed E-state index contributed by atoms with van der Waals surface area (Å²) in [7, 11) is 1.18. The number of carbonyl (C=O) groups is 2. The summed E-state index contributed by atoms with van der Waals surface area (Å²) >= 11 is 0. The lowest BCUT2D eigenvalue weighted by Gasteiger charge is -1.94. The van der Waals surface area contributed by atoms with Gasteiger partial charge >= 0.3 is 5.97 Å². The van der Waals surface area contributed by atoms with Crippen LogP contribution in [0.3, 0.4) is 0 Å². The lowest BCUT2D eigenvalue weighted by molar-refractivity contribution is -0.133. The quantitative estimate of drug-likeness (QED) is 0.393. The Labute approximate surface area is 85.9 Å². The zero-order valence-corrected chi connectivity index (χ0v) is 7.91. The monoisotopic (exact) mass is 206 g/mol. The molecule has 1 aromatic carbocycles. The number of aldehydes is 1. The van der Waals surface area contributed by atoms with Crippen molar-refractivity contribution in [3.05, 3.63) is 35.1 Å². The molecule has 0 aliphatic heterocycles. The number of halogens is 1. The maximum Gasteiger partial charge on any atom is 0.384 e. The number of rotatable bonds is 1. The lowest BCUT2D eigenvalue weighted by Crippen LogP contribution is -1.95. The second-order valence-corrected chi connectivity index (χ2v) is 2.60. The van der Waals surface area contributed by atoms with Crippen molar-refractivity contribution < 1.29 is 18.7 Å². The molecular weight excluding hydrogens is 199 g/mol. The number of esters is 1. The fourth-order valence-corrected chi connectivity index (χ4v) is 0.875. The van der Waals surface area contributed by atoms with Crippen molar-refractivity contribution >= 4 is 12.3 Å². The van der Waals surface area contributed by atoms with Gasteiger partial charge in [-0.2, -0.15) is 0 Å². The topological polar surface area (TPSA) is 43.4 Å². The van der Waals surface area contributed by atoms with E-state index in [0.29, 0.717) is 6.29 Å². The van der Waals surface area contributed by atoms with Gasteiger partial charge in [0, 0.05) is 11.5 Å². The second-order valence-electron chi connectivity index (χ2n) is 2.60. The van der Waals surface area contributed by atoms with Crippen LogP contribution in [0.4, 0.5) is 4.39 Å². The molecule has 0 atom stereocenters. The standard InChI is InChI=1S/C11H7FO3/c1-15-11(14)5-4-9-3-2-8(7-13)6-10(9)12/h2-3,6-7H,1H3. The molecule has 0 fully saturated rings. The van der Waals surface area contributed by atoms with Gasteiger partial charge in [0.05, 0.1) is 12.7 Å². The molecule has 0 saturated carbocycles. The van der Waals surface area contributed by atoms with Crippen molar-refractivity contribution in [2.45, 2.75) is 0 Å². The first kappa shape index (κ1) is 10.9. The van der Waals surface area contributed by atoms with E-state index in [1.54, 1.807) is 0 Å². The first-order valence-electron chi connectivity index (χ1n) is 4.02. The highest BCUT2D eigenvalue weighted by Gasteiger charge is 2.00. The van der Waals surface area contributed by atoms with Crippen LogP contribution in [-0.2, 0) is 9.53 Å². The molecule has 0 spiro atoms. The van der Waals surface area contributed by atoms with Gasteiger partial charge in [0.2, 0.25) is 0 Å². The van der Waals surface area contributed by atoms with E-state index in [1.807, 2.05) is 0 Å². The predicted molar refractivity (Wildman–Crippen MR) is 50.7 cm³/mol. The van der Waals surface area contributed by atoms with Crippen molar-refractivity contribution in [3.8, 4) is 11.8 Å². The van der Waals surface area contributed by atoms with E-state index in [4.69, 9.17) is 0 Å². The Balaban J connectivity index is 3.00. The molecule has 0 radical (unpaired) electrons. The SMILES string of the molecule is COC(=O)C#Cc1ccc(C=O)cc1F. The minimum atomic E-state index is -0.742. The molecule has 0 saturated heterocycles. The zero-order valence-electron chi connectivity index (χ0n) is 7.91. The average molecular weight is 206 g/mol. The Bertz CT molecular complexity index is 455. The van der Waals surface area contributed by atoms with Crippen LogP contribution in [0.25, 0.3) is 0 Å².